The highest BCUT2D eigenvalue weighted by Crippen LogP contribution is 2.20. The van der Waals surface area contributed by atoms with E-state index >= 15 is 0 Å². The average molecular weight is 334 g/mol. The van der Waals surface area contributed by atoms with E-state index in [4.69, 9.17) is 5.26 Å². The number of likely N-dealkylation sites (tertiary alicyclic amines) is 1. The smallest absolute Gasteiger partial charge is 0.222 e. The van der Waals surface area contributed by atoms with Crippen molar-refractivity contribution < 1.29 is 4.79 Å². The van der Waals surface area contributed by atoms with Gasteiger partial charge >= 0.3 is 0 Å². The molecular formula is C20H22N4O. The highest BCUT2D eigenvalue weighted by atomic mass is 16.2. The summed E-state index contributed by atoms with van der Waals surface area (Å²) in [6.45, 7) is 1.53. The van der Waals surface area contributed by atoms with Crippen molar-refractivity contribution in [2.45, 2.75) is 31.7 Å². The summed E-state index contributed by atoms with van der Waals surface area (Å²) in [5.41, 5.74) is 2.69. The molecule has 0 bridgehead atoms. The summed E-state index contributed by atoms with van der Waals surface area (Å²) in [6.07, 6.45) is 6.63. The second-order valence-electron chi connectivity index (χ2n) is 6.31. The van der Waals surface area contributed by atoms with E-state index < -0.39 is 0 Å². The summed E-state index contributed by atoms with van der Waals surface area (Å²) in [4.78, 5) is 18.3. The van der Waals surface area contributed by atoms with E-state index in [-0.39, 0.29) is 5.91 Å². The van der Waals surface area contributed by atoms with Gasteiger partial charge in [-0.3, -0.25) is 9.78 Å². The third-order valence-corrected chi connectivity index (χ3v) is 4.63. The van der Waals surface area contributed by atoms with Gasteiger partial charge in [-0.2, -0.15) is 5.26 Å². The van der Waals surface area contributed by atoms with Crippen LogP contribution in [0.15, 0.2) is 48.8 Å². The number of nitrogens with one attached hydrogen (secondary N) is 1. The number of aromatic nitrogens is 1. The Morgan fingerprint density at radius 3 is 2.64 bits per heavy atom. The number of pyridine rings is 1. The van der Waals surface area contributed by atoms with Gasteiger partial charge in [0.1, 0.15) is 6.07 Å². The zero-order chi connectivity index (χ0) is 17.5. The first-order valence-electron chi connectivity index (χ1n) is 8.68. The Morgan fingerprint density at radius 1 is 1.20 bits per heavy atom. The number of nitriles is 1. The lowest BCUT2D eigenvalue weighted by atomic mass is 10.0. The third kappa shape index (κ3) is 4.57. The minimum atomic E-state index is 0.215. The Hall–Kier alpha value is -2.87. The molecule has 0 atom stereocenters. The highest BCUT2D eigenvalue weighted by Gasteiger charge is 2.22. The maximum Gasteiger partial charge on any atom is 0.222 e. The second kappa shape index (κ2) is 8.29. The predicted octanol–water partition coefficient (Wildman–Crippen LogP) is 2.99. The van der Waals surface area contributed by atoms with Gasteiger partial charge < -0.3 is 10.2 Å². The number of aryl methyl sites for hydroxylation is 1. The van der Waals surface area contributed by atoms with Gasteiger partial charge in [0.25, 0.3) is 0 Å². The van der Waals surface area contributed by atoms with Crippen molar-refractivity contribution in [2.75, 3.05) is 18.4 Å². The molecule has 1 amide bonds. The van der Waals surface area contributed by atoms with Gasteiger partial charge in [-0.15, -0.1) is 0 Å². The quantitative estimate of drug-likeness (QED) is 0.912. The van der Waals surface area contributed by atoms with E-state index in [9.17, 15) is 4.79 Å². The molecule has 1 aliphatic rings. The molecule has 1 aromatic heterocycles. The summed E-state index contributed by atoms with van der Waals surface area (Å²) in [7, 11) is 0. The fourth-order valence-corrected chi connectivity index (χ4v) is 3.16. The van der Waals surface area contributed by atoms with Gasteiger partial charge in [-0.25, -0.2) is 0 Å². The Morgan fingerprint density at radius 2 is 1.92 bits per heavy atom. The molecule has 1 aliphatic heterocycles. The molecule has 5 nitrogen and oxygen atoms in total. The zero-order valence-corrected chi connectivity index (χ0v) is 14.2. The van der Waals surface area contributed by atoms with Crippen molar-refractivity contribution in [3.05, 3.63) is 59.9 Å². The van der Waals surface area contributed by atoms with Crippen molar-refractivity contribution in [2.24, 2.45) is 0 Å². The summed E-state index contributed by atoms with van der Waals surface area (Å²) in [5, 5.41) is 12.6. The molecule has 2 aromatic rings. The average Bonchev–Trinajstić information content (AvgIpc) is 2.68. The van der Waals surface area contributed by atoms with Crippen LogP contribution in [0.5, 0.6) is 0 Å². The molecular weight excluding hydrogens is 312 g/mol. The number of anilines is 1. The number of hydrogen-bond acceptors (Lipinski definition) is 4. The van der Waals surface area contributed by atoms with Crippen LogP contribution < -0.4 is 5.32 Å². The summed E-state index contributed by atoms with van der Waals surface area (Å²) >= 11 is 0. The minimum Gasteiger partial charge on any atom is -0.381 e. The number of rotatable bonds is 5. The molecule has 0 spiro atoms. The Labute approximate surface area is 148 Å². The molecule has 1 saturated heterocycles. The molecule has 1 fully saturated rings. The van der Waals surface area contributed by atoms with Crippen molar-refractivity contribution in [1.82, 2.24) is 9.88 Å². The first-order valence-corrected chi connectivity index (χ1v) is 8.68. The monoisotopic (exact) mass is 334 g/mol. The number of carbonyl (C=O) groups excluding carboxylic acids is 1. The largest absolute Gasteiger partial charge is 0.381 e. The zero-order valence-electron chi connectivity index (χ0n) is 14.2. The van der Waals surface area contributed by atoms with Crippen LogP contribution in [0.25, 0.3) is 0 Å². The standard InChI is InChI=1S/C20H22N4O/c21-15-17-3-1-2-4-19(17)23-18-9-13-24(14-10-18)20(25)6-5-16-7-11-22-12-8-16/h1-4,7-8,11-12,18,23H,5-6,9-10,13-14H2. The molecule has 0 saturated carbocycles. The van der Waals surface area contributed by atoms with Crippen molar-refractivity contribution in [3.8, 4) is 6.07 Å². The van der Waals surface area contributed by atoms with Gasteiger partial charge in [0.05, 0.1) is 11.3 Å². The number of nitrogens with zero attached hydrogens (tertiary/aromatic N) is 3. The lowest BCUT2D eigenvalue weighted by Gasteiger charge is -2.33. The molecule has 0 unspecified atom stereocenters. The van der Waals surface area contributed by atoms with Crippen LogP contribution in [0.3, 0.4) is 0 Å². The SMILES string of the molecule is N#Cc1ccccc1NC1CCN(C(=O)CCc2ccncc2)CC1. The number of benzene rings is 1. The number of carbonyl (C=O) groups is 1. The van der Waals surface area contributed by atoms with E-state index in [1.165, 1.54) is 0 Å². The van der Waals surface area contributed by atoms with E-state index in [0.717, 1.165) is 43.6 Å². The van der Waals surface area contributed by atoms with Crippen molar-refractivity contribution in [3.63, 3.8) is 0 Å². The molecule has 25 heavy (non-hydrogen) atoms. The molecule has 1 N–H and O–H groups in total. The van der Waals surface area contributed by atoms with Gasteiger partial charge in [0, 0.05) is 37.9 Å². The maximum absolute atomic E-state index is 12.4. The summed E-state index contributed by atoms with van der Waals surface area (Å²) < 4.78 is 0. The number of piperidine rings is 1. The molecule has 1 aromatic carbocycles. The normalized spacial score (nSPS) is 14.8. The predicted molar refractivity (Wildman–Crippen MR) is 96.9 cm³/mol. The minimum absolute atomic E-state index is 0.215. The topological polar surface area (TPSA) is 69.0 Å². The molecule has 2 heterocycles. The first kappa shape index (κ1) is 17.0. The lowest BCUT2D eigenvalue weighted by molar-refractivity contribution is -0.132. The van der Waals surface area contributed by atoms with Gasteiger partial charge in [0.15, 0.2) is 0 Å². The van der Waals surface area contributed by atoms with Crippen molar-refractivity contribution >= 4 is 11.6 Å². The summed E-state index contributed by atoms with van der Waals surface area (Å²) in [6, 6.07) is 14.0. The molecule has 128 valence electrons. The van der Waals surface area contributed by atoms with Gasteiger partial charge in [-0.05, 0) is 49.1 Å². The Kier molecular flexibility index (Phi) is 5.63. The first-order chi connectivity index (χ1) is 12.3. The maximum atomic E-state index is 12.4. The molecule has 5 heteroatoms. The second-order valence-corrected chi connectivity index (χ2v) is 6.31. The van der Waals surface area contributed by atoms with E-state index in [1.807, 2.05) is 41.3 Å². The van der Waals surface area contributed by atoms with Gasteiger partial charge in [-0.1, -0.05) is 12.1 Å². The molecule has 0 radical (unpaired) electrons. The third-order valence-electron chi connectivity index (χ3n) is 4.63. The fourth-order valence-electron chi connectivity index (χ4n) is 3.16. The number of para-hydroxylation sites is 1. The number of hydrogen-bond donors (Lipinski definition) is 1. The number of amides is 1. The summed E-state index contributed by atoms with van der Waals surface area (Å²) in [5.74, 6) is 0.215. The van der Waals surface area contributed by atoms with Crippen molar-refractivity contribution in [1.29, 1.82) is 5.26 Å². The van der Waals surface area contributed by atoms with Gasteiger partial charge in [0.2, 0.25) is 5.91 Å². The highest BCUT2D eigenvalue weighted by molar-refractivity contribution is 5.76. The van der Waals surface area contributed by atoms with Crippen LogP contribution in [0.4, 0.5) is 5.69 Å². The van der Waals surface area contributed by atoms with E-state index in [1.54, 1.807) is 12.4 Å². The Balaban J connectivity index is 1.47. The van der Waals surface area contributed by atoms with Crippen LogP contribution in [0.1, 0.15) is 30.4 Å². The van der Waals surface area contributed by atoms with Crippen LogP contribution in [-0.4, -0.2) is 34.9 Å². The Bertz CT molecular complexity index is 746. The van der Waals surface area contributed by atoms with Crippen LogP contribution >= 0.6 is 0 Å². The molecule has 3 rings (SSSR count). The van der Waals surface area contributed by atoms with E-state index in [0.29, 0.717) is 18.0 Å². The van der Waals surface area contributed by atoms with Crippen LogP contribution in [0, 0.1) is 11.3 Å². The molecule has 0 aliphatic carbocycles. The van der Waals surface area contributed by atoms with Crippen LogP contribution in [0.2, 0.25) is 0 Å². The fraction of sp³-hybridized carbons (Fsp3) is 0.350. The van der Waals surface area contributed by atoms with Crippen LogP contribution in [-0.2, 0) is 11.2 Å². The lowest BCUT2D eigenvalue weighted by Crippen LogP contribution is -2.42. The van der Waals surface area contributed by atoms with E-state index in [2.05, 4.69) is 16.4 Å².